The third kappa shape index (κ3) is 5.11. The summed E-state index contributed by atoms with van der Waals surface area (Å²) in [5, 5.41) is 15.4. The second kappa shape index (κ2) is 9.05. The molecule has 0 saturated heterocycles. The minimum Gasteiger partial charge on any atom is -0.467 e. The van der Waals surface area contributed by atoms with Crippen LogP contribution in [0.15, 0.2) is 45.4 Å². The normalized spacial score (nSPS) is 12.0. The Morgan fingerprint density at radius 3 is 2.89 bits per heavy atom. The SMILES string of the molecule is CCc1cccc(C)c1Nc1nnc(SCC(=O)NC(C)c2ccco2)s1. The number of carbonyl (C=O) groups is 1. The third-order valence-corrected chi connectivity index (χ3v) is 6.02. The summed E-state index contributed by atoms with van der Waals surface area (Å²) >= 11 is 2.82. The summed E-state index contributed by atoms with van der Waals surface area (Å²) in [4.78, 5) is 12.1. The smallest absolute Gasteiger partial charge is 0.231 e. The fourth-order valence-electron chi connectivity index (χ4n) is 2.65. The summed E-state index contributed by atoms with van der Waals surface area (Å²) in [7, 11) is 0. The van der Waals surface area contributed by atoms with Gasteiger partial charge < -0.3 is 15.1 Å². The molecular formula is C19H22N4O2S2. The second-order valence-electron chi connectivity index (χ2n) is 6.05. The van der Waals surface area contributed by atoms with Crippen LogP contribution in [0.3, 0.4) is 0 Å². The molecule has 1 amide bonds. The zero-order chi connectivity index (χ0) is 19.2. The topological polar surface area (TPSA) is 80.0 Å². The molecule has 2 N–H and O–H groups in total. The van der Waals surface area contributed by atoms with E-state index in [0.29, 0.717) is 0 Å². The number of aryl methyl sites for hydroxylation is 2. The quantitative estimate of drug-likeness (QED) is 0.531. The van der Waals surface area contributed by atoms with Crippen LogP contribution >= 0.6 is 23.1 Å². The molecule has 1 aromatic carbocycles. The van der Waals surface area contributed by atoms with E-state index < -0.39 is 0 Å². The first-order chi connectivity index (χ1) is 13.1. The number of carbonyl (C=O) groups excluding carboxylic acids is 1. The monoisotopic (exact) mass is 402 g/mol. The van der Waals surface area contributed by atoms with E-state index in [0.717, 1.165) is 27.3 Å². The molecule has 0 radical (unpaired) electrons. The van der Waals surface area contributed by atoms with E-state index in [-0.39, 0.29) is 17.7 Å². The second-order valence-corrected chi connectivity index (χ2v) is 8.25. The number of hydrogen-bond acceptors (Lipinski definition) is 7. The molecule has 27 heavy (non-hydrogen) atoms. The van der Waals surface area contributed by atoms with Crippen LogP contribution in [0.1, 0.15) is 36.8 Å². The average molecular weight is 403 g/mol. The summed E-state index contributed by atoms with van der Waals surface area (Å²) in [6, 6.07) is 9.73. The molecule has 8 heteroatoms. The number of aromatic nitrogens is 2. The van der Waals surface area contributed by atoms with Gasteiger partial charge in [-0.2, -0.15) is 0 Å². The maximum absolute atomic E-state index is 12.1. The first-order valence-corrected chi connectivity index (χ1v) is 10.5. The van der Waals surface area contributed by atoms with Gasteiger partial charge in [0.1, 0.15) is 5.76 Å². The van der Waals surface area contributed by atoms with Crippen molar-refractivity contribution in [2.24, 2.45) is 0 Å². The van der Waals surface area contributed by atoms with E-state index >= 15 is 0 Å². The van der Waals surface area contributed by atoms with Gasteiger partial charge in [0.2, 0.25) is 11.0 Å². The highest BCUT2D eigenvalue weighted by Gasteiger charge is 2.14. The molecule has 3 rings (SSSR count). The van der Waals surface area contributed by atoms with Gasteiger partial charge in [-0.15, -0.1) is 10.2 Å². The van der Waals surface area contributed by atoms with Crippen molar-refractivity contribution in [1.82, 2.24) is 15.5 Å². The first-order valence-electron chi connectivity index (χ1n) is 8.71. The van der Waals surface area contributed by atoms with E-state index in [1.54, 1.807) is 12.3 Å². The molecule has 0 aliphatic carbocycles. The fraction of sp³-hybridized carbons (Fsp3) is 0.316. The molecular weight excluding hydrogens is 380 g/mol. The molecule has 0 bridgehead atoms. The number of benzene rings is 1. The number of anilines is 2. The molecule has 1 unspecified atom stereocenters. The summed E-state index contributed by atoms with van der Waals surface area (Å²) < 4.78 is 6.05. The molecule has 0 aliphatic heterocycles. The van der Waals surface area contributed by atoms with E-state index in [1.807, 2.05) is 13.0 Å². The van der Waals surface area contributed by atoms with Crippen molar-refractivity contribution in [3.05, 3.63) is 53.5 Å². The standard InChI is InChI=1S/C19H22N4O2S2/c1-4-14-8-5-7-12(2)17(14)21-18-22-23-19(27-18)26-11-16(24)20-13(3)15-9-6-10-25-15/h5-10,13H,4,11H2,1-3H3,(H,20,24)(H,21,22). The Balaban J connectivity index is 1.55. The average Bonchev–Trinajstić information content (AvgIpc) is 3.33. The predicted octanol–water partition coefficient (Wildman–Crippen LogP) is 4.72. The molecule has 2 heterocycles. The Morgan fingerprint density at radius 2 is 2.15 bits per heavy atom. The fourth-order valence-corrected chi connectivity index (χ4v) is 4.21. The van der Waals surface area contributed by atoms with Gasteiger partial charge in [-0.05, 0) is 43.5 Å². The highest BCUT2D eigenvalue weighted by molar-refractivity contribution is 8.01. The maximum Gasteiger partial charge on any atom is 0.231 e. The largest absolute Gasteiger partial charge is 0.467 e. The Morgan fingerprint density at radius 1 is 1.30 bits per heavy atom. The Hall–Kier alpha value is -2.32. The molecule has 142 valence electrons. The number of nitrogens with one attached hydrogen (secondary N) is 2. The zero-order valence-corrected chi connectivity index (χ0v) is 17.1. The lowest BCUT2D eigenvalue weighted by molar-refractivity contribution is -0.119. The predicted molar refractivity (Wildman–Crippen MR) is 110 cm³/mol. The lowest BCUT2D eigenvalue weighted by Gasteiger charge is -2.11. The van der Waals surface area contributed by atoms with Crippen LogP contribution in [-0.4, -0.2) is 21.9 Å². The van der Waals surface area contributed by atoms with Crippen molar-refractivity contribution in [2.75, 3.05) is 11.1 Å². The van der Waals surface area contributed by atoms with Crippen molar-refractivity contribution in [3.63, 3.8) is 0 Å². The van der Waals surface area contributed by atoms with Gasteiger partial charge in [0.15, 0.2) is 4.34 Å². The van der Waals surface area contributed by atoms with Crippen LogP contribution in [0.2, 0.25) is 0 Å². The van der Waals surface area contributed by atoms with Crippen molar-refractivity contribution in [2.45, 2.75) is 37.6 Å². The van der Waals surface area contributed by atoms with E-state index in [4.69, 9.17) is 4.42 Å². The molecule has 2 aromatic heterocycles. The number of furan rings is 1. The number of amides is 1. The molecule has 6 nitrogen and oxygen atoms in total. The zero-order valence-electron chi connectivity index (χ0n) is 15.5. The van der Waals surface area contributed by atoms with Crippen molar-refractivity contribution >= 4 is 39.8 Å². The van der Waals surface area contributed by atoms with Gasteiger partial charge in [0.25, 0.3) is 0 Å². The van der Waals surface area contributed by atoms with Crippen molar-refractivity contribution in [3.8, 4) is 0 Å². The Bertz CT molecular complexity index is 893. The summed E-state index contributed by atoms with van der Waals surface area (Å²) in [6.45, 7) is 6.09. The van der Waals surface area contributed by atoms with Gasteiger partial charge in [0.05, 0.1) is 18.1 Å². The highest BCUT2D eigenvalue weighted by Crippen LogP contribution is 2.30. The van der Waals surface area contributed by atoms with Crippen LogP contribution in [0, 0.1) is 6.92 Å². The van der Waals surface area contributed by atoms with Crippen molar-refractivity contribution in [1.29, 1.82) is 0 Å². The number of nitrogens with zero attached hydrogens (tertiary/aromatic N) is 2. The number of thioether (sulfide) groups is 1. The van der Waals surface area contributed by atoms with Crippen molar-refractivity contribution < 1.29 is 9.21 Å². The lowest BCUT2D eigenvalue weighted by Crippen LogP contribution is -2.27. The van der Waals surface area contributed by atoms with Crippen LogP contribution in [0.5, 0.6) is 0 Å². The van der Waals surface area contributed by atoms with Gasteiger partial charge >= 0.3 is 0 Å². The lowest BCUT2D eigenvalue weighted by atomic mass is 10.1. The Labute approximate surface area is 166 Å². The molecule has 0 saturated carbocycles. The highest BCUT2D eigenvalue weighted by atomic mass is 32.2. The molecule has 0 aliphatic rings. The van der Waals surface area contributed by atoms with Gasteiger partial charge in [-0.1, -0.05) is 48.2 Å². The molecule has 0 fully saturated rings. The van der Waals surface area contributed by atoms with Crippen LogP contribution in [0.25, 0.3) is 0 Å². The Kier molecular flexibility index (Phi) is 6.52. The molecule has 0 spiro atoms. The summed E-state index contributed by atoms with van der Waals surface area (Å²) in [5.41, 5.74) is 3.49. The minimum atomic E-state index is -0.159. The van der Waals surface area contributed by atoms with Gasteiger partial charge in [-0.3, -0.25) is 4.79 Å². The summed E-state index contributed by atoms with van der Waals surface area (Å²) in [5.74, 6) is 0.950. The van der Waals surface area contributed by atoms with Crippen LogP contribution in [0.4, 0.5) is 10.8 Å². The third-order valence-electron chi connectivity index (χ3n) is 4.05. The minimum absolute atomic E-state index is 0.0687. The van der Waals surface area contributed by atoms with Crippen LogP contribution < -0.4 is 10.6 Å². The summed E-state index contributed by atoms with van der Waals surface area (Å²) in [6.07, 6.45) is 2.54. The van der Waals surface area contributed by atoms with Gasteiger partial charge in [0, 0.05) is 5.69 Å². The van der Waals surface area contributed by atoms with E-state index in [9.17, 15) is 4.79 Å². The van der Waals surface area contributed by atoms with Gasteiger partial charge in [-0.25, -0.2) is 0 Å². The maximum atomic E-state index is 12.1. The molecule has 3 aromatic rings. The number of para-hydroxylation sites is 1. The van der Waals surface area contributed by atoms with Crippen LogP contribution in [-0.2, 0) is 11.2 Å². The van der Waals surface area contributed by atoms with E-state index in [1.165, 1.54) is 34.2 Å². The number of rotatable bonds is 8. The molecule has 1 atom stereocenters. The first kappa shape index (κ1) is 19.4. The van der Waals surface area contributed by atoms with E-state index in [2.05, 4.69) is 52.9 Å². The number of hydrogen-bond donors (Lipinski definition) is 2.